The van der Waals surface area contributed by atoms with Gasteiger partial charge in [0.15, 0.2) is 0 Å². The Balaban J connectivity index is 2.02. The minimum Gasteiger partial charge on any atom is -0.381 e. The van der Waals surface area contributed by atoms with Crippen molar-refractivity contribution < 1.29 is 4.74 Å². The van der Waals surface area contributed by atoms with Gasteiger partial charge in [-0.1, -0.05) is 37.3 Å². The summed E-state index contributed by atoms with van der Waals surface area (Å²) in [6, 6.07) is 12.6. The Morgan fingerprint density at radius 1 is 1.21 bits per heavy atom. The van der Waals surface area contributed by atoms with Crippen LogP contribution in [0.5, 0.6) is 0 Å². The summed E-state index contributed by atoms with van der Waals surface area (Å²) < 4.78 is 5.57. The Morgan fingerprint density at radius 3 is 2.53 bits per heavy atom. The smallest absolute Gasteiger partial charge is 0.104 e. The summed E-state index contributed by atoms with van der Waals surface area (Å²) in [5.74, 6) is 0. The van der Waals surface area contributed by atoms with Crippen molar-refractivity contribution in [1.82, 2.24) is 0 Å². The van der Waals surface area contributed by atoms with Crippen LogP contribution in [0.1, 0.15) is 38.2 Å². The molecule has 3 nitrogen and oxygen atoms in total. The first-order chi connectivity index (χ1) is 9.20. The van der Waals surface area contributed by atoms with Gasteiger partial charge in [-0.05, 0) is 37.7 Å². The summed E-state index contributed by atoms with van der Waals surface area (Å²) in [6.07, 6.45) is 4.33. The van der Waals surface area contributed by atoms with Crippen LogP contribution in [0.4, 0.5) is 0 Å². The number of aryl methyl sites for hydroxylation is 1. The molecule has 0 fully saturated rings. The fourth-order valence-corrected chi connectivity index (χ4v) is 1.93. The highest BCUT2D eigenvalue weighted by Gasteiger charge is 2.20. The zero-order chi connectivity index (χ0) is 14.0. The van der Waals surface area contributed by atoms with Gasteiger partial charge in [-0.2, -0.15) is 5.26 Å². The molecule has 1 atom stereocenters. The molecule has 1 aromatic carbocycles. The van der Waals surface area contributed by atoms with E-state index >= 15 is 0 Å². The maximum atomic E-state index is 8.94. The van der Waals surface area contributed by atoms with Crippen LogP contribution >= 0.6 is 0 Å². The van der Waals surface area contributed by atoms with Crippen LogP contribution in [-0.2, 0) is 11.2 Å². The Labute approximate surface area is 116 Å². The van der Waals surface area contributed by atoms with Crippen molar-refractivity contribution >= 4 is 0 Å². The fraction of sp³-hybridized carbons (Fsp3) is 0.562. The van der Waals surface area contributed by atoms with Crippen molar-refractivity contribution in [3.63, 3.8) is 0 Å². The number of benzene rings is 1. The van der Waals surface area contributed by atoms with Crippen molar-refractivity contribution in [2.24, 2.45) is 5.73 Å². The van der Waals surface area contributed by atoms with Crippen LogP contribution in [0.25, 0.3) is 0 Å². The molecule has 104 valence electrons. The molecular weight excluding hydrogens is 236 g/mol. The monoisotopic (exact) mass is 260 g/mol. The molecule has 0 aromatic heterocycles. The molecule has 0 saturated heterocycles. The van der Waals surface area contributed by atoms with Gasteiger partial charge in [0.2, 0.25) is 0 Å². The van der Waals surface area contributed by atoms with Crippen molar-refractivity contribution in [2.75, 3.05) is 13.2 Å². The molecule has 1 unspecified atom stereocenters. The van der Waals surface area contributed by atoms with E-state index in [0.717, 1.165) is 25.9 Å². The molecule has 0 saturated carbocycles. The van der Waals surface area contributed by atoms with Gasteiger partial charge in [-0.25, -0.2) is 0 Å². The lowest BCUT2D eigenvalue weighted by atomic mass is 9.94. The third kappa shape index (κ3) is 6.37. The Kier molecular flexibility index (Phi) is 7.17. The maximum Gasteiger partial charge on any atom is 0.104 e. The van der Waals surface area contributed by atoms with E-state index in [9.17, 15) is 0 Å². The molecule has 0 radical (unpaired) electrons. The summed E-state index contributed by atoms with van der Waals surface area (Å²) >= 11 is 0. The molecule has 2 N–H and O–H groups in total. The molecule has 0 heterocycles. The average Bonchev–Trinajstić information content (AvgIpc) is 2.47. The van der Waals surface area contributed by atoms with Crippen molar-refractivity contribution in [3.8, 4) is 6.07 Å². The van der Waals surface area contributed by atoms with Crippen LogP contribution in [0.2, 0.25) is 0 Å². The second-order valence-corrected chi connectivity index (χ2v) is 4.93. The SMILES string of the molecule is CCC(N)(C#N)CCCOCCCc1ccccc1. The molecule has 3 heteroatoms. The number of nitriles is 1. The van der Waals surface area contributed by atoms with E-state index in [1.807, 2.05) is 13.0 Å². The largest absolute Gasteiger partial charge is 0.381 e. The second-order valence-electron chi connectivity index (χ2n) is 4.93. The third-order valence-corrected chi connectivity index (χ3v) is 3.36. The maximum absolute atomic E-state index is 8.94. The Bertz CT molecular complexity index is 385. The topological polar surface area (TPSA) is 59.0 Å². The molecule has 1 rings (SSSR count). The van der Waals surface area contributed by atoms with Gasteiger partial charge >= 0.3 is 0 Å². The first kappa shape index (κ1) is 15.7. The normalized spacial score (nSPS) is 13.7. The highest BCUT2D eigenvalue weighted by atomic mass is 16.5. The van der Waals surface area contributed by atoms with Crippen molar-refractivity contribution in [3.05, 3.63) is 35.9 Å². The molecule has 19 heavy (non-hydrogen) atoms. The zero-order valence-electron chi connectivity index (χ0n) is 11.8. The standard InChI is InChI=1S/C16H24N2O/c1-2-16(18,14-17)11-7-13-19-12-6-10-15-8-4-3-5-9-15/h3-5,8-9H,2,6-7,10-13,18H2,1H3. The first-order valence-electron chi connectivity index (χ1n) is 7.02. The van der Waals surface area contributed by atoms with Crippen LogP contribution in [0, 0.1) is 11.3 Å². The predicted octanol–water partition coefficient (Wildman–Crippen LogP) is 3.05. The zero-order valence-corrected chi connectivity index (χ0v) is 11.8. The molecule has 0 spiro atoms. The van der Waals surface area contributed by atoms with E-state index in [4.69, 9.17) is 15.7 Å². The quantitative estimate of drug-likeness (QED) is 0.694. The molecule has 1 aromatic rings. The molecule has 0 aliphatic rings. The molecule has 0 bridgehead atoms. The minimum atomic E-state index is -0.673. The lowest BCUT2D eigenvalue weighted by Gasteiger charge is -2.18. The van der Waals surface area contributed by atoms with Gasteiger partial charge in [0.05, 0.1) is 6.07 Å². The Morgan fingerprint density at radius 2 is 1.89 bits per heavy atom. The predicted molar refractivity (Wildman–Crippen MR) is 77.6 cm³/mol. The van der Waals surface area contributed by atoms with E-state index in [1.165, 1.54) is 5.56 Å². The van der Waals surface area contributed by atoms with Gasteiger partial charge in [0.1, 0.15) is 5.54 Å². The van der Waals surface area contributed by atoms with E-state index < -0.39 is 5.54 Å². The van der Waals surface area contributed by atoms with Crippen molar-refractivity contribution in [2.45, 2.75) is 44.6 Å². The van der Waals surface area contributed by atoms with Crippen molar-refractivity contribution in [1.29, 1.82) is 5.26 Å². The second kappa shape index (κ2) is 8.68. The number of ether oxygens (including phenoxy) is 1. The summed E-state index contributed by atoms with van der Waals surface area (Å²) in [5, 5.41) is 8.94. The molecule has 0 amide bonds. The van der Waals surface area contributed by atoms with Crippen LogP contribution in [0.3, 0.4) is 0 Å². The molecule has 0 aliphatic carbocycles. The molecule has 0 aliphatic heterocycles. The highest BCUT2D eigenvalue weighted by molar-refractivity contribution is 5.14. The van der Waals surface area contributed by atoms with E-state index in [1.54, 1.807) is 0 Å². The van der Waals surface area contributed by atoms with E-state index in [0.29, 0.717) is 19.4 Å². The Hall–Kier alpha value is -1.37. The van der Waals surface area contributed by atoms with Gasteiger partial charge in [0, 0.05) is 13.2 Å². The summed E-state index contributed by atoms with van der Waals surface area (Å²) in [7, 11) is 0. The van der Waals surface area contributed by atoms with Gasteiger partial charge in [-0.15, -0.1) is 0 Å². The van der Waals surface area contributed by atoms with Crippen LogP contribution in [0.15, 0.2) is 30.3 Å². The first-order valence-corrected chi connectivity index (χ1v) is 7.02. The van der Waals surface area contributed by atoms with E-state index in [2.05, 4.69) is 30.3 Å². The van der Waals surface area contributed by atoms with Crippen LogP contribution < -0.4 is 5.73 Å². The summed E-state index contributed by atoms with van der Waals surface area (Å²) in [6.45, 7) is 3.41. The molecular formula is C16H24N2O. The van der Waals surface area contributed by atoms with Gasteiger partial charge in [0.25, 0.3) is 0 Å². The van der Waals surface area contributed by atoms with Gasteiger partial charge < -0.3 is 10.5 Å². The number of hydrogen-bond donors (Lipinski definition) is 1. The number of nitrogens with zero attached hydrogens (tertiary/aromatic N) is 1. The van der Waals surface area contributed by atoms with Crippen LogP contribution in [-0.4, -0.2) is 18.8 Å². The summed E-state index contributed by atoms with van der Waals surface area (Å²) in [4.78, 5) is 0. The number of hydrogen-bond acceptors (Lipinski definition) is 3. The number of rotatable bonds is 9. The summed E-state index contributed by atoms with van der Waals surface area (Å²) in [5.41, 5.74) is 6.57. The highest BCUT2D eigenvalue weighted by Crippen LogP contribution is 2.12. The van der Waals surface area contributed by atoms with E-state index in [-0.39, 0.29) is 0 Å². The van der Waals surface area contributed by atoms with Gasteiger partial charge in [-0.3, -0.25) is 0 Å². The minimum absolute atomic E-state index is 0.673. The fourth-order valence-electron chi connectivity index (χ4n) is 1.93. The average molecular weight is 260 g/mol. The lowest BCUT2D eigenvalue weighted by Crippen LogP contribution is -2.37. The third-order valence-electron chi connectivity index (χ3n) is 3.36. The lowest BCUT2D eigenvalue weighted by molar-refractivity contribution is 0.125. The number of nitrogens with two attached hydrogens (primary N) is 1.